The highest BCUT2D eigenvalue weighted by molar-refractivity contribution is 5.88. The van der Waals surface area contributed by atoms with Crippen molar-refractivity contribution in [3.63, 3.8) is 0 Å². The van der Waals surface area contributed by atoms with E-state index in [4.69, 9.17) is 0 Å². The smallest absolute Gasteiger partial charge is 0.145 e. The van der Waals surface area contributed by atoms with Crippen LogP contribution in [0.1, 0.15) is 5.56 Å². The largest absolute Gasteiger partial charge is 0.505 e. The minimum atomic E-state index is 0.264. The zero-order valence-electron chi connectivity index (χ0n) is 10.1. The first-order chi connectivity index (χ1) is 8.77. The summed E-state index contributed by atoms with van der Waals surface area (Å²) in [4.78, 5) is 4.56. The number of para-hydroxylation sites is 1. The summed E-state index contributed by atoms with van der Waals surface area (Å²) in [5.74, 6) is 0.264. The first-order valence-corrected chi connectivity index (χ1v) is 5.91. The highest BCUT2D eigenvalue weighted by Crippen LogP contribution is 2.34. The lowest BCUT2D eigenvalue weighted by atomic mass is 10.0. The second-order valence-electron chi connectivity index (χ2n) is 4.32. The van der Waals surface area contributed by atoms with Crippen molar-refractivity contribution in [3.05, 3.63) is 60.2 Å². The van der Waals surface area contributed by atoms with E-state index in [1.54, 1.807) is 0 Å². The molecular weight excluding hydrogens is 222 g/mol. The standard InChI is InChI=1S/C16H13NO/c1-11-13-9-5-6-10-14(13)17-15(16(11)18)12-7-3-2-4-8-12/h2-10,18H,1H3. The summed E-state index contributed by atoms with van der Waals surface area (Å²) in [5.41, 5.74) is 3.36. The number of rotatable bonds is 1. The quantitative estimate of drug-likeness (QED) is 0.693. The third kappa shape index (κ3) is 1.63. The lowest BCUT2D eigenvalue weighted by Gasteiger charge is -2.10. The topological polar surface area (TPSA) is 33.1 Å². The Morgan fingerprint density at radius 2 is 1.56 bits per heavy atom. The van der Waals surface area contributed by atoms with Crippen molar-refractivity contribution < 1.29 is 5.11 Å². The summed E-state index contributed by atoms with van der Waals surface area (Å²) in [5, 5.41) is 11.3. The van der Waals surface area contributed by atoms with E-state index in [0.717, 1.165) is 22.0 Å². The SMILES string of the molecule is Cc1c(O)c(-c2ccccc2)nc2ccccc12. The number of aromatic hydroxyl groups is 1. The molecular formula is C16H13NO. The van der Waals surface area contributed by atoms with E-state index in [-0.39, 0.29) is 5.75 Å². The maximum Gasteiger partial charge on any atom is 0.145 e. The molecule has 0 aliphatic heterocycles. The molecule has 0 aliphatic rings. The highest BCUT2D eigenvalue weighted by atomic mass is 16.3. The van der Waals surface area contributed by atoms with Crippen LogP contribution >= 0.6 is 0 Å². The Hall–Kier alpha value is -2.35. The Bertz CT molecular complexity index is 705. The summed E-state index contributed by atoms with van der Waals surface area (Å²) >= 11 is 0. The molecule has 3 aromatic rings. The van der Waals surface area contributed by atoms with Crippen LogP contribution in [-0.4, -0.2) is 10.1 Å². The number of benzene rings is 2. The van der Waals surface area contributed by atoms with Crippen LogP contribution in [0.4, 0.5) is 0 Å². The van der Waals surface area contributed by atoms with Crippen LogP contribution in [0.2, 0.25) is 0 Å². The molecule has 1 N–H and O–H groups in total. The van der Waals surface area contributed by atoms with Crippen molar-refractivity contribution in [2.45, 2.75) is 6.92 Å². The molecule has 0 atom stereocenters. The number of fused-ring (bicyclic) bond motifs is 1. The summed E-state index contributed by atoms with van der Waals surface area (Å²) in [6.45, 7) is 1.92. The van der Waals surface area contributed by atoms with Gasteiger partial charge in [0, 0.05) is 16.5 Å². The van der Waals surface area contributed by atoms with Gasteiger partial charge in [0.05, 0.1) is 5.52 Å². The van der Waals surface area contributed by atoms with Gasteiger partial charge in [-0.25, -0.2) is 4.98 Å². The van der Waals surface area contributed by atoms with Gasteiger partial charge in [0.15, 0.2) is 0 Å². The molecule has 0 bridgehead atoms. The molecule has 1 heterocycles. The molecule has 2 heteroatoms. The highest BCUT2D eigenvalue weighted by Gasteiger charge is 2.11. The van der Waals surface area contributed by atoms with Gasteiger partial charge >= 0.3 is 0 Å². The zero-order chi connectivity index (χ0) is 12.5. The second-order valence-corrected chi connectivity index (χ2v) is 4.32. The van der Waals surface area contributed by atoms with Crippen LogP contribution < -0.4 is 0 Å². The van der Waals surface area contributed by atoms with Crippen LogP contribution in [0.15, 0.2) is 54.6 Å². The van der Waals surface area contributed by atoms with E-state index in [1.807, 2.05) is 61.5 Å². The Kier molecular flexibility index (Phi) is 2.49. The fourth-order valence-corrected chi connectivity index (χ4v) is 2.16. The molecule has 0 fully saturated rings. The number of hydrogen-bond acceptors (Lipinski definition) is 2. The molecule has 0 amide bonds. The fourth-order valence-electron chi connectivity index (χ4n) is 2.16. The van der Waals surface area contributed by atoms with Gasteiger partial charge in [0.1, 0.15) is 11.4 Å². The lowest BCUT2D eigenvalue weighted by molar-refractivity contribution is 0.472. The van der Waals surface area contributed by atoms with Crippen molar-refractivity contribution in [1.82, 2.24) is 4.98 Å². The monoisotopic (exact) mass is 235 g/mol. The van der Waals surface area contributed by atoms with Crippen LogP contribution in [0.5, 0.6) is 5.75 Å². The molecule has 0 spiro atoms. The predicted octanol–water partition coefficient (Wildman–Crippen LogP) is 3.92. The third-order valence-corrected chi connectivity index (χ3v) is 3.17. The maximum atomic E-state index is 10.3. The van der Waals surface area contributed by atoms with E-state index in [1.165, 1.54) is 0 Å². The van der Waals surface area contributed by atoms with Crippen molar-refractivity contribution in [2.24, 2.45) is 0 Å². The molecule has 0 saturated heterocycles. The normalized spacial score (nSPS) is 10.7. The van der Waals surface area contributed by atoms with Gasteiger partial charge in [-0.2, -0.15) is 0 Å². The van der Waals surface area contributed by atoms with E-state index in [2.05, 4.69) is 4.98 Å². The number of nitrogens with zero attached hydrogens (tertiary/aromatic N) is 1. The van der Waals surface area contributed by atoms with Crippen molar-refractivity contribution in [2.75, 3.05) is 0 Å². The number of pyridine rings is 1. The molecule has 0 radical (unpaired) electrons. The van der Waals surface area contributed by atoms with Crippen molar-refractivity contribution in [3.8, 4) is 17.0 Å². The summed E-state index contributed by atoms with van der Waals surface area (Å²) in [6.07, 6.45) is 0. The molecule has 2 nitrogen and oxygen atoms in total. The molecule has 0 aliphatic carbocycles. The molecule has 0 unspecified atom stereocenters. The average molecular weight is 235 g/mol. The van der Waals surface area contributed by atoms with E-state index >= 15 is 0 Å². The van der Waals surface area contributed by atoms with Crippen LogP contribution in [0.25, 0.3) is 22.2 Å². The number of aromatic nitrogens is 1. The van der Waals surface area contributed by atoms with Gasteiger partial charge in [-0.15, -0.1) is 0 Å². The summed E-state index contributed by atoms with van der Waals surface area (Å²) in [7, 11) is 0. The van der Waals surface area contributed by atoms with E-state index in [9.17, 15) is 5.11 Å². The summed E-state index contributed by atoms with van der Waals surface area (Å²) < 4.78 is 0. The Morgan fingerprint density at radius 3 is 2.33 bits per heavy atom. The van der Waals surface area contributed by atoms with Gasteiger partial charge in [0.25, 0.3) is 0 Å². The minimum Gasteiger partial charge on any atom is -0.505 e. The molecule has 3 rings (SSSR count). The molecule has 0 saturated carbocycles. The second kappa shape index (κ2) is 4.15. The first-order valence-electron chi connectivity index (χ1n) is 5.91. The summed E-state index contributed by atoms with van der Waals surface area (Å²) in [6, 6.07) is 17.6. The van der Waals surface area contributed by atoms with E-state index < -0.39 is 0 Å². The Labute approximate surface area is 106 Å². The first kappa shape index (κ1) is 10.8. The van der Waals surface area contributed by atoms with Crippen LogP contribution in [-0.2, 0) is 0 Å². The van der Waals surface area contributed by atoms with Crippen molar-refractivity contribution >= 4 is 10.9 Å². The maximum absolute atomic E-state index is 10.3. The molecule has 2 aromatic carbocycles. The van der Waals surface area contributed by atoms with Gasteiger partial charge < -0.3 is 5.11 Å². The average Bonchev–Trinajstić information content (AvgIpc) is 2.44. The molecule has 88 valence electrons. The van der Waals surface area contributed by atoms with Crippen LogP contribution in [0.3, 0.4) is 0 Å². The van der Waals surface area contributed by atoms with E-state index in [0.29, 0.717) is 5.69 Å². The molecule has 18 heavy (non-hydrogen) atoms. The molecule has 1 aromatic heterocycles. The Morgan fingerprint density at radius 1 is 0.889 bits per heavy atom. The Balaban J connectivity index is 2.34. The van der Waals surface area contributed by atoms with Gasteiger partial charge in [-0.3, -0.25) is 0 Å². The van der Waals surface area contributed by atoms with Gasteiger partial charge in [0.2, 0.25) is 0 Å². The number of hydrogen-bond donors (Lipinski definition) is 1. The van der Waals surface area contributed by atoms with Crippen LogP contribution in [0, 0.1) is 6.92 Å². The predicted molar refractivity (Wildman–Crippen MR) is 73.6 cm³/mol. The van der Waals surface area contributed by atoms with Gasteiger partial charge in [-0.05, 0) is 13.0 Å². The number of aryl methyl sites for hydroxylation is 1. The van der Waals surface area contributed by atoms with Crippen molar-refractivity contribution in [1.29, 1.82) is 0 Å². The fraction of sp³-hybridized carbons (Fsp3) is 0.0625. The van der Waals surface area contributed by atoms with Gasteiger partial charge in [-0.1, -0.05) is 48.5 Å². The minimum absolute atomic E-state index is 0.264. The zero-order valence-corrected chi connectivity index (χ0v) is 10.1. The lowest BCUT2D eigenvalue weighted by Crippen LogP contribution is -1.90. The third-order valence-electron chi connectivity index (χ3n) is 3.17.